The molecule has 0 atom stereocenters. The number of nitrogen functional groups attached to an aromatic ring is 1. The molecule has 8 nitrogen and oxygen atoms in total. The van der Waals surface area contributed by atoms with Gasteiger partial charge in [-0.1, -0.05) is 36.4 Å². The molecule has 8 heteroatoms. The number of imidazole rings is 1. The van der Waals surface area contributed by atoms with E-state index in [0.29, 0.717) is 24.5 Å². The molecule has 0 spiro atoms. The molecule has 1 fully saturated rings. The summed E-state index contributed by atoms with van der Waals surface area (Å²) in [6.45, 7) is 4.86. The Bertz CT molecular complexity index is 1270. The van der Waals surface area contributed by atoms with E-state index >= 15 is 0 Å². The standard InChI is InChI=1S/C27H33N7O/c1-20-16-22(18-29-25(20)33-13-7-3-8-14-33)17-23-19-30-26-24(28)31-27(32-34(23)26)35-15-9-6-12-21-10-4-2-5-11-21/h2,4-5,10-11,16,18-19H,3,6-9,12-15,17H2,1H3,(H2,28,31,32). The van der Waals surface area contributed by atoms with Crippen LogP contribution >= 0.6 is 0 Å². The van der Waals surface area contributed by atoms with Crippen LogP contribution in [0, 0.1) is 6.92 Å². The number of nitrogens with two attached hydrogens (primary N) is 1. The quantitative estimate of drug-likeness (QED) is 0.362. The minimum absolute atomic E-state index is 0.281. The molecule has 0 aliphatic carbocycles. The first kappa shape index (κ1) is 23.1. The fourth-order valence-electron chi connectivity index (χ4n) is 4.72. The first-order valence-corrected chi connectivity index (χ1v) is 12.5. The van der Waals surface area contributed by atoms with E-state index in [4.69, 9.17) is 15.5 Å². The van der Waals surface area contributed by atoms with E-state index in [1.165, 1.54) is 30.4 Å². The molecule has 2 N–H and O–H groups in total. The highest BCUT2D eigenvalue weighted by Crippen LogP contribution is 2.23. The second-order valence-electron chi connectivity index (χ2n) is 9.26. The number of nitrogens with zero attached hydrogens (tertiary/aromatic N) is 6. The molecule has 0 saturated carbocycles. The van der Waals surface area contributed by atoms with Gasteiger partial charge in [-0.15, -0.1) is 5.10 Å². The van der Waals surface area contributed by atoms with Crippen molar-refractivity contribution in [3.63, 3.8) is 0 Å². The maximum atomic E-state index is 6.16. The molecule has 0 bridgehead atoms. The first-order valence-electron chi connectivity index (χ1n) is 12.5. The fraction of sp³-hybridized carbons (Fsp3) is 0.407. The van der Waals surface area contributed by atoms with E-state index in [-0.39, 0.29) is 6.01 Å². The summed E-state index contributed by atoms with van der Waals surface area (Å²) in [5, 5.41) is 4.57. The minimum atomic E-state index is 0.281. The molecular formula is C27H33N7O. The highest BCUT2D eigenvalue weighted by molar-refractivity contribution is 5.60. The van der Waals surface area contributed by atoms with Crippen LogP contribution in [-0.2, 0) is 12.8 Å². The van der Waals surface area contributed by atoms with Gasteiger partial charge in [0.1, 0.15) is 5.82 Å². The van der Waals surface area contributed by atoms with Crippen LogP contribution in [0.4, 0.5) is 11.6 Å². The number of ether oxygens (including phenoxy) is 1. The SMILES string of the molecule is Cc1cc(Cc2cnc3c(N)nc(OCCCCc4ccccc4)nn23)cnc1N1CCCCC1. The van der Waals surface area contributed by atoms with Crippen molar-refractivity contribution in [1.29, 1.82) is 0 Å². The number of anilines is 2. The van der Waals surface area contributed by atoms with Gasteiger partial charge in [0.15, 0.2) is 11.5 Å². The molecule has 35 heavy (non-hydrogen) atoms. The number of unbranched alkanes of at least 4 members (excludes halogenated alkanes) is 1. The molecule has 1 aliphatic rings. The minimum Gasteiger partial charge on any atom is -0.462 e. The first-order chi connectivity index (χ1) is 17.2. The van der Waals surface area contributed by atoms with Crippen molar-refractivity contribution in [3.05, 3.63) is 71.2 Å². The number of aryl methyl sites for hydroxylation is 2. The number of piperidine rings is 1. The van der Waals surface area contributed by atoms with Crippen LogP contribution in [0.2, 0.25) is 0 Å². The van der Waals surface area contributed by atoms with Gasteiger partial charge in [-0.2, -0.15) is 4.98 Å². The number of benzene rings is 1. The Morgan fingerprint density at radius 1 is 0.971 bits per heavy atom. The van der Waals surface area contributed by atoms with Gasteiger partial charge in [0.05, 0.1) is 18.5 Å². The third-order valence-electron chi connectivity index (χ3n) is 6.52. The molecule has 1 aromatic carbocycles. The summed E-state index contributed by atoms with van der Waals surface area (Å²) in [5.41, 5.74) is 11.3. The third-order valence-corrected chi connectivity index (χ3v) is 6.52. The lowest BCUT2D eigenvalue weighted by molar-refractivity contribution is 0.278. The normalized spacial score (nSPS) is 13.9. The second-order valence-corrected chi connectivity index (χ2v) is 9.26. The Morgan fingerprint density at radius 2 is 1.80 bits per heavy atom. The maximum absolute atomic E-state index is 6.16. The summed E-state index contributed by atoms with van der Waals surface area (Å²) in [5.74, 6) is 1.42. The highest BCUT2D eigenvalue weighted by atomic mass is 16.5. The van der Waals surface area contributed by atoms with Gasteiger partial charge in [-0.05, 0) is 62.1 Å². The molecule has 0 radical (unpaired) electrons. The molecule has 4 aromatic rings. The lowest BCUT2D eigenvalue weighted by atomic mass is 10.1. The van der Waals surface area contributed by atoms with Crippen LogP contribution in [-0.4, -0.2) is 44.3 Å². The second kappa shape index (κ2) is 10.7. The Hall–Kier alpha value is -3.68. The Balaban J connectivity index is 1.24. The van der Waals surface area contributed by atoms with E-state index in [1.54, 1.807) is 10.7 Å². The molecule has 5 rings (SSSR count). The predicted octanol–water partition coefficient (Wildman–Crippen LogP) is 4.39. The van der Waals surface area contributed by atoms with E-state index in [0.717, 1.165) is 49.4 Å². The Labute approximate surface area is 206 Å². The fourth-order valence-corrected chi connectivity index (χ4v) is 4.72. The average Bonchev–Trinajstić information content (AvgIpc) is 3.28. The Morgan fingerprint density at radius 3 is 2.60 bits per heavy atom. The number of hydrogen-bond acceptors (Lipinski definition) is 7. The van der Waals surface area contributed by atoms with Crippen molar-refractivity contribution in [2.45, 2.75) is 51.9 Å². The number of hydrogen-bond donors (Lipinski definition) is 1. The average molecular weight is 472 g/mol. The molecule has 4 heterocycles. The largest absolute Gasteiger partial charge is 0.462 e. The van der Waals surface area contributed by atoms with E-state index in [9.17, 15) is 0 Å². The van der Waals surface area contributed by atoms with Crippen LogP contribution in [0.15, 0.2) is 48.8 Å². The molecular weight excluding hydrogens is 438 g/mol. The monoisotopic (exact) mass is 471 g/mol. The summed E-state index contributed by atoms with van der Waals surface area (Å²) in [4.78, 5) is 15.9. The molecule has 0 amide bonds. The third kappa shape index (κ3) is 5.53. The van der Waals surface area contributed by atoms with Crippen LogP contribution in [0.3, 0.4) is 0 Å². The molecule has 3 aromatic heterocycles. The number of rotatable bonds is 9. The zero-order chi connectivity index (χ0) is 24.0. The van der Waals surface area contributed by atoms with Crippen molar-refractivity contribution in [1.82, 2.24) is 24.6 Å². The van der Waals surface area contributed by atoms with Gasteiger partial charge in [-0.25, -0.2) is 14.5 Å². The summed E-state index contributed by atoms with van der Waals surface area (Å²) in [7, 11) is 0. The lowest BCUT2D eigenvalue weighted by Gasteiger charge is -2.29. The summed E-state index contributed by atoms with van der Waals surface area (Å²) < 4.78 is 7.59. The molecule has 1 saturated heterocycles. The van der Waals surface area contributed by atoms with Crippen molar-refractivity contribution in [2.24, 2.45) is 0 Å². The van der Waals surface area contributed by atoms with Gasteiger partial charge in [0, 0.05) is 25.7 Å². The topological polar surface area (TPSA) is 94.5 Å². The van der Waals surface area contributed by atoms with Crippen LogP contribution < -0.4 is 15.4 Å². The van der Waals surface area contributed by atoms with Crippen molar-refractivity contribution < 1.29 is 4.74 Å². The van der Waals surface area contributed by atoms with Gasteiger partial charge < -0.3 is 15.4 Å². The molecule has 0 unspecified atom stereocenters. The van der Waals surface area contributed by atoms with Crippen LogP contribution in [0.5, 0.6) is 6.01 Å². The summed E-state index contributed by atoms with van der Waals surface area (Å²) in [6, 6.07) is 13.0. The maximum Gasteiger partial charge on any atom is 0.336 e. The number of fused-ring (bicyclic) bond motifs is 1. The zero-order valence-corrected chi connectivity index (χ0v) is 20.4. The van der Waals surface area contributed by atoms with Crippen molar-refractivity contribution in [3.8, 4) is 6.01 Å². The number of pyridine rings is 1. The van der Waals surface area contributed by atoms with Gasteiger partial charge >= 0.3 is 6.01 Å². The van der Waals surface area contributed by atoms with E-state index in [2.05, 4.69) is 57.2 Å². The van der Waals surface area contributed by atoms with Crippen LogP contribution in [0.1, 0.15) is 54.5 Å². The number of aromatic nitrogens is 5. The summed E-state index contributed by atoms with van der Waals surface area (Å²) in [6.07, 6.45) is 11.2. The van der Waals surface area contributed by atoms with E-state index in [1.807, 2.05) is 12.3 Å². The molecule has 1 aliphatic heterocycles. The van der Waals surface area contributed by atoms with Crippen molar-refractivity contribution >= 4 is 17.3 Å². The summed E-state index contributed by atoms with van der Waals surface area (Å²) >= 11 is 0. The van der Waals surface area contributed by atoms with Gasteiger partial charge in [0.25, 0.3) is 0 Å². The predicted molar refractivity (Wildman–Crippen MR) is 138 cm³/mol. The van der Waals surface area contributed by atoms with Gasteiger partial charge in [-0.3, -0.25) is 0 Å². The van der Waals surface area contributed by atoms with Crippen LogP contribution in [0.25, 0.3) is 5.65 Å². The Kier molecular flexibility index (Phi) is 7.07. The zero-order valence-electron chi connectivity index (χ0n) is 20.4. The van der Waals surface area contributed by atoms with E-state index < -0.39 is 0 Å². The van der Waals surface area contributed by atoms with Gasteiger partial charge in [0.2, 0.25) is 0 Å². The lowest BCUT2D eigenvalue weighted by Crippen LogP contribution is -2.30. The smallest absolute Gasteiger partial charge is 0.336 e. The highest BCUT2D eigenvalue weighted by Gasteiger charge is 2.16. The van der Waals surface area contributed by atoms with Crippen molar-refractivity contribution in [2.75, 3.05) is 30.3 Å². The molecule has 182 valence electrons.